The van der Waals surface area contributed by atoms with Gasteiger partial charge in [-0.05, 0) is 31.1 Å². The average Bonchev–Trinajstić information content (AvgIpc) is 2.52. The number of carbonyl (C=O) groups is 2. The van der Waals surface area contributed by atoms with Crippen molar-refractivity contribution in [3.05, 3.63) is 42.0 Å². The summed E-state index contributed by atoms with van der Waals surface area (Å²) in [5.74, 6) is 0.310. The summed E-state index contributed by atoms with van der Waals surface area (Å²) < 4.78 is 5.08. The van der Waals surface area contributed by atoms with E-state index in [1.165, 1.54) is 12.2 Å². The number of hydrogen-bond acceptors (Lipinski definition) is 3. The molecule has 0 N–H and O–H groups in total. The van der Waals surface area contributed by atoms with Crippen molar-refractivity contribution in [2.24, 2.45) is 0 Å². The fourth-order valence-electron chi connectivity index (χ4n) is 2.00. The zero-order valence-corrected chi connectivity index (χ0v) is 13.0. The molecule has 0 aromatic heterocycles. The van der Waals surface area contributed by atoms with Gasteiger partial charge in [0.2, 0.25) is 5.91 Å². The SMILES string of the molecule is CCCN(CCC)C(=O)/C=C/C(=O)c1cccc(OC)c1. The van der Waals surface area contributed by atoms with E-state index >= 15 is 0 Å². The molecule has 1 rings (SSSR count). The first-order chi connectivity index (χ1) is 10.1. The third-order valence-electron chi connectivity index (χ3n) is 3.03. The van der Waals surface area contributed by atoms with E-state index in [0.717, 1.165) is 12.8 Å². The molecule has 0 fully saturated rings. The summed E-state index contributed by atoms with van der Waals surface area (Å²) in [4.78, 5) is 25.8. The van der Waals surface area contributed by atoms with Crippen LogP contribution < -0.4 is 4.74 Å². The molecule has 0 aliphatic rings. The third kappa shape index (κ3) is 5.42. The highest BCUT2D eigenvalue weighted by atomic mass is 16.5. The molecule has 0 saturated heterocycles. The molecule has 0 aliphatic heterocycles. The first kappa shape index (κ1) is 17.0. The lowest BCUT2D eigenvalue weighted by Crippen LogP contribution is -2.31. The fourth-order valence-corrected chi connectivity index (χ4v) is 2.00. The van der Waals surface area contributed by atoms with Gasteiger partial charge in [-0.2, -0.15) is 0 Å². The van der Waals surface area contributed by atoms with Gasteiger partial charge in [0.05, 0.1) is 7.11 Å². The quantitative estimate of drug-likeness (QED) is 0.546. The molecule has 4 heteroatoms. The van der Waals surface area contributed by atoms with Gasteiger partial charge in [-0.1, -0.05) is 26.0 Å². The molecule has 4 nitrogen and oxygen atoms in total. The Labute approximate surface area is 126 Å². The predicted molar refractivity (Wildman–Crippen MR) is 83.6 cm³/mol. The number of benzene rings is 1. The van der Waals surface area contributed by atoms with Crippen LogP contribution in [-0.4, -0.2) is 36.8 Å². The molecule has 0 saturated carbocycles. The van der Waals surface area contributed by atoms with E-state index in [2.05, 4.69) is 0 Å². The maximum absolute atomic E-state index is 12.0. The molecule has 0 spiro atoms. The monoisotopic (exact) mass is 289 g/mol. The van der Waals surface area contributed by atoms with Gasteiger partial charge in [-0.15, -0.1) is 0 Å². The fraction of sp³-hybridized carbons (Fsp3) is 0.412. The predicted octanol–water partition coefficient (Wildman–Crippen LogP) is 3.08. The molecular weight excluding hydrogens is 266 g/mol. The molecule has 0 atom stereocenters. The van der Waals surface area contributed by atoms with Gasteiger partial charge in [0.15, 0.2) is 5.78 Å². The maximum atomic E-state index is 12.0. The van der Waals surface area contributed by atoms with E-state index in [-0.39, 0.29) is 11.7 Å². The Balaban J connectivity index is 2.73. The van der Waals surface area contributed by atoms with Crippen LogP contribution in [0.4, 0.5) is 0 Å². The van der Waals surface area contributed by atoms with Crippen LogP contribution in [0.15, 0.2) is 36.4 Å². The number of ether oxygens (including phenoxy) is 1. The second-order valence-electron chi connectivity index (χ2n) is 4.75. The number of carbonyl (C=O) groups excluding carboxylic acids is 2. The number of rotatable bonds is 8. The van der Waals surface area contributed by atoms with Crippen molar-refractivity contribution in [3.63, 3.8) is 0 Å². The van der Waals surface area contributed by atoms with E-state index in [1.807, 2.05) is 13.8 Å². The van der Waals surface area contributed by atoms with Gasteiger partial charge in [-0.3, -0.25) is 9.59 Å². The van der Waals surface area contributed by atoms with E-state index in [9.17, 15) is 9.59 Å². The summed E-state index contributed by atoms with van der Waals surface area (Å²) in [5, 5.41) is 0. The van der Waals surface area contributed by atoms with E-state index in [0.29, 0.717) is 24.4 Å². The summed E-state index contributed by atoms with van der Waals surface area (Å²) in [6, 6.07) is 6.89. The van der Waals surface area contributed by atoms with Gasteiger partial charge >= 0.3 is 0 Å². The minimum atomic E-state index is -0.199. The highest BCUT2D eigenvalue weighted by Crippen LogP contribution is 2.13. The van der Waals surface area contributed by atoms with Crippen molar-refractivity contribution < 1.29 is 14.3 Å². The van der Waals surface area contributed by atoms with Gasteiger partial charge in [0, 0.05) is 24.7 Å². The largest absolute Gasteiger partial charge is 0.497 e. The molecular formula is C17H23NO3. The van der Waals surface area contributed by atoms with Gasteiger partial charge in [0.25, 0.3) is 0 Å². The Morgan fingerprint density at radius 2 is 1.81 bits per heavy atom. The Hall–Kier alpha value is -2.10. The number of amides is 1. The molecule has 0 radical (unpaired) electrons. The zero-order valence-electron chi connectivity index (χ0n) is 13.0. The van der Waals surface area contributed by atoms with Gasteiger partial charge < -0.3 is 9.64 Å². The molecule has 0 heterocycles. The van der Waals surface area contributed by atoms with E-state index in [4.69, 9.17) is 4.74 Å². The van der Waals surface area contributed by atoms with Crippen molar-refractivity contribution in [1.29, 1.82) is 0 Å². The van der Waals surface area contributed by atoms with Crippen LogP contribution in [0.1, 0.15) is 37.0 Å². The molecule has 114 valence electrons. The lowest BCUT2D eigenvalue weighted by molar-refractivity contribution is -0.126. The van der Waals surface area contributed by atoms with Crippen molar-refractivity contribution >= 4 is 11.7 Å². The normalized spacial score (nSPS) is 10.6. The molecule has 0 aliphatic carbocycles. The van der Waals surface area contributed by atoms with E-state index < -0.39 is 0 Å². The topological polar surface area (TPSA) is 46.6 Å². The number of allylic oxidation sites excluding steroid dienone is 1. The summed E-state index contributed by atoms with van der Waals surface area (Å²) in [6.45, 7) is 5.48. The molecule has 1 aromatic carbocycles. The summed E-state index contributed by atoms with van der Waals surface area (Å²) >= 11 is 0. The van der Waals surface area contributed by atoms with Gasteiger partial charge in [-0.25, -0.2) is 0 Å². The zero-order chi connectivity index (χ0) is 15.7. The van der Waals surface area contributed by atoms with Crippen LogP contribution in [0, 0.1) is 0 Å². The summed E-state index contributed by atoms with van der Waals surface area (Å²) in [6.07, 6.45) is 4.50. The molecule has 1 amide bonds. The van der Waals surface area contributed by atoms with Crippen molar-refractivity contribution in [1.82, 2.24) is 4.90 Å². The Morgan fingerprint density at radius 3 is 2.38 bits per heavy atom. The number of nitrogens with zero attached hydrogens (tertiary/aromatic N) is 1. The van der Waals surface area contributed by atoms with Crippen LogP contribution in [0.3, 0.4) is 0 Å². The van der Waals surface area contributed by atoms with Crippen molar-refractivity contribution in [2.75, 3.05) is 20.2 Å². The van der Waals surface area contributed by atoms with Crippen LogP contribution in [0.2, 0.25) is 0 Å². The van der Waals surface area contributed by atoms with Crippen LogP contribution in [0.5, 0.6) is 5.75 Å². The minimum Gasteiger partial charge on any atom is -0.497 e. The van der Waals surface area contributed by atoms with Crippen molar-refractivity contribution in [2.45, 2.75) is 26.7 Å². The Bertz CT molecular complexity index is 503. The second-order valence-corrected chi connectivity index (χ2v) is 4.75. The lowest BCUT2D eigenvalue weighted by atomic mass is 10.1. The van der Waals surface area contributed by atoms with Crippen LogP contribution in [-0.2, 0) is 4.79 Å². The second kappa shape index (κ2) is 8.95. The molecule has 21 heavy (non-hydrogen) atoms. The van der Waals surface area contributed by atoms with Gasteiger partial charge in [0.1, 0.15) is 5.75 Å². The third-order valence-corrected chi connectivity index (χ3v) is 3.03. The summed E-state index contributed by atoms with van der Waals surface area (Å²) in [5.41, 5.74) is 0.510. The highest BCUT2D eigenvalue weighted by Gasteiger charge is 2.09. The highest BCUT2D eigenvalue weighted by molar-refractivity contribution is 6.07. The Morgan fingerprint density at radius 1 is 1.14 bits per heavy atom. The average molecular weight is 289 g/mol. The van der Waals surface area contributed by atoms with Crippen LogP contribution in [0.25, 0.3) is 0 Å². The lowest BCUT2D eigenvalue weighted by Gasteiger charge is -2.19. The molecule has 1 aromatic rings. The Kier molecular flexibility index (Phi) is 7.23. The number of methoxy groups -OCH3 is 1. The first-order valence-corrected chi connectivity index (χ1v) is 7.27. The molecule has 0 unspecified atom stereocenters. The maximum Gasteiger partial charge on any atom is 0.246 e. The standard InChI is InChI=1S/C17H23NO3/c1-4-11-18(12-5-2)17(20)10-9-16(19)14-7-6-8-15(13-14)21-3/h6-10,13H,4-5,11-12H2,1-3H3/b10-9+. The van der Waals surface area contributed by atoms with E-state index in [1.54, 1.807) is 36.3 Å². The molecule has 0 bridgehead atoms. The number of hydrogen-bond donors (Lipinski definition) is 0. The van der Waals surface area contributed by atoms with Crippen molar-refractivity contribution in [3.8, 4) is 5.75 Å². The van der Waals surface area contributed by atoms with Crippen LogP contribution >= 0.6 is 0 Å². The summed E-state index contributed by atoms with van der Waals surface area (Å²) in [7, 11) is 1.55. The first-order valence-electron chi connectivity index (χ1n) is 7.27. The minimum absolute atomic E-state index is 0.116. The number of ketones is 1. The smallest absolute Gasteiger partial charge is 0.246 e.